The van der Waals surface area contributed by atoms with E-state index < -0.39 is 15.1 Å². The molecule has 5 nitrogen and oxygen atoms in total. The van der Waals surface area contributed by atoms with Crippen LogP contribution in [0.15, 0.2) is 29.2 Å². The Kier molecular flexibility index (Phi) is 2.77. The van der Waals surface area contributed by atoms with Gasteiger partial charge in [-0.3, -0.25) is 4.90 Å². The first kappa shape index (κ1) is 11.2. The number of hydrogen-bond donors (Lipinski definition) is 0. The van der Waals surface area contributed by atoms with Crippen LogP contribution >= 0.6 is 10.7 Å². The smallest absolute Gasteiger partial charge is 0.414 e. The molecular weight excluding hydrogens is 254 g/mol. The number of carbonyl (C=O) groups excluding carboxylic acids is 1. The van der Waals surface area contributed by atoms with Crippen LogP contribution in [-0.4, -0.2) is 27.7 Å². The molecule has 0 radical (unpaired) electrons. The molecule has 0 atom stereocenters. The molecule has 0 spiro atoms. The van der Waals surface area contributed by atoms with Crippen LogP contribution in [0.25, 0.3) is 0 Å². The maximum absolute atomic E-state index is 11.2. The molecule has 86 valence electrons. The van der Waals surface area contributed by atoms with Gasteiger partial charge in [0.15, 0.2) is 0 Å². The van der Waals surface area contributed by atoms with Crippen molar-refractivity contribution in [3.63, 3.8) is 0 Å². The summed E-state index contributed by atoms with van der Waals surface area (Å²) in [6, 6.07) is 5.73. The average Bonchev–Trinajstić information content (AvgIpc) is 2.63. The van der Waals surface area contributed by atoms with E-state index in [0.29, 0.717) is 18.8 Å². The van der Waals surface area contributed by atoms with Crippen LogP contribution in [0.4, 0.5) is 10.5 Å². The summed E-state index contributed by atoms with van der Waals surface area (Å²) in [6.07, 6.45) is -0.429. The Balaban J connectivity index is 2.29. The lowest BCUT2D eigenvalue weighted by Crippen LogP contribution is -2.23. The minimum Gasteiger partial charge on any atom is -0.447 e. The summed E-state index contributed by atoms with van der Waals surface area (Å²) >= 11 is 0. The average molecular weight is 262 g/mol. The largest absolute Gasteiger partial charge is 0.447 e. The van der Waals surface area contributed by atoms with Gasteiger partial charge in [-0.1, -0.05) is 0 Å². The molecule has 1 saturated heterocycles. The second-order valence-corrected chi connectivity index (χ2v) is 5.76. The fourth-order valence-corrected chi connectivity index (χ4v) is 2.19. The van der Waals surface area contributed by atoms with Gasteiger partial charge in [-0.15, -0.1) is 0 Å². The molecule has 1 aliphatic heterocycles. The van der Waals surface area contributed by atoms with Crippen molar-refractivity contribution in [3.05, 3.63) is 24.3 Å². The molecule has 2 rings (SSSR count). The molecular formula is C9H8ClNO4S. The molecule has 1 heterocycles. The summed E-state index contributed by atoms with van der Waals surface area (Å²) in [6.45, 7) is 0.806. The highest BCUT2D eigenvalue weighted by atomic mass is 35.7. The van der Waals surface area contributed by atoms with Crippen LogP contribution in [0.3, 0.4) is 0 Å². The van der Waals surface area contributed by atoms with Gasteiger partial charge in [-0.2, -0.15) is 0 Å². The van der Waals surface area contributed by atoms with Crippen molar-refractivity contribution < 1.29 is 17.9 Å². The van der Waals surface area contributed by atoms with E-state index in [1.807, 2.05) is 0 Å². The van der Waals surface area contributed by atoms with Gasteiger partial charge in [0.05, 0.1) is 11.4 Å². The Labute approximate surface area is 97.0 Å². The van der Waals surface area contributed by atoms with Crippen LogP contribution in [0.2, 0.25) is 0 Å². The maximum atomic E-state index is 11.2. The molecule has 0 saturated carbocycles. The third-order valence-corrected chi connectivity index (χ3v) is 3.56. The summed E-state index contributed by atoms with van der Waals surface area (Å²) in [5.74, 6) is 0. The van der Waals surface area contributed by atoms with Crippen molar-refractivity contribution in [1.82, 2.24) is 0 Å². The van der Waals surface area contributed by atoms with E-state index in [-0.39, 0.29) is 4.90 Å². The summed E-state index contributed by atoms with van der Waals surface area (Å²) < 4.78 is 26.7. The van der Waals surface area contributed by atoms with Crippen molar-refractivity contribution in [2.45, 2.75) is 4.90 Å². The SMILES string of the molecule is O=C1OCCN1c1ccc(S(=O)(=O)Cl)cc1. The Morgan fingerprint density at radius 3 is 2.31 bits per heavy atom. The Bertz CT molecular complexity index is 511. The standard InChI is InChI=1S/C9H8ClNO4S/c10-16(13,14)8-3-1-7(2-4-8)11-5-6-15-9(11)12/h1-4H,5-6H2. The van der Waals surface area contributed by atoms with Crippen LogP contribution < -0.4 is 4.90 Å². The zero-order valence-electron chi connectivity index (χ0n) is 8.09. The van der Waals surface area contributed by atoms with E-state index in [1.54, 1.807) is 0 Å². The van der Waals surface area contributed by atoms with Gasteiger partial charge in [-0.25, -0.2) is 13.2 Å². The van der Waals surface area contributed by atoms with E-state index in [9.17, 15) is 13.2 Å². The monoisotopic (exact) mass is 261 g/mol. The van der Waals surface area contributed by atoms with Gasteiger partial charge in [0, 0.05) is 16.4 Å². The lowest BCUT2D eigenvalue weighted by atomic mass is 10.3. The van der Waals surface area contributed by atoms with Gasteiger partial charge in [0.25, 0.3) is 9.05 Å². The maximum Gasteiger partial charge on any atom is 0.414 e. The fraction of sp³-hybridized carbons (Fsp3) is 0.222. The number of rotatable bonds is 2. The van der Waals surface area contributed by atoms with E-state index in [0.717, 1.165) is 0 Å². The van der Waals surface area contributed by atoms with Gasteiger partial charge in [-0.05, 0) is 24.3 Å². The number of benzene rings is 1. The van der Waals surface area contributed by atoms with Crippen LogP contribution in [0.5, 0.6) is 0 Å². The number of cyclic esters (lactones) is 1. The van der Waals surface area contributed by atoms with Crippen molar-refractivity contribution in [1.29, 1.82) is 0 Å². The molecule has 1 fully saturated rings. The van der Waals surface area contributed by atoms with Crippen molar-refractivity contribution in [2.75, 3.05) is 18.1 Å². The molecule has 0 bridgehead atoms. The Morgan fingerprint density at radius 2 is 1.88 bits per heavy atom. The van der Waals surface area contributed by atoms with Crippen molar-refractivity contribution in [2.24, 2.45) is 0 Å². The van der Waals surface area contributed by atoms with E-state index in [2.05, 4.69) is 0 Å². The lowest BCUT2D eigenvalue weighted by molar-refractivity contribution is 0.181. The molecule has 0 N–H and O–H groups in total. The summed E-state index contributed by atoms with van der Waals surface area (Å²) in [7, 11) is 1.45. The quantitative estimate of drug-likeness (QED) is 0.758. The molecule has 0 aliphatic carbocycles. The zero-order valence-corrected chi connectivity index (χ0v) is 9.66. The molecule has 16 heavy (non-hydrogen) atoms. The van der Waals surface area contributed by atoms with Crippen molar-refractivity contribution in [3.8, 4) is 0 Å². The number of anilines is 1. The third kappa shape index (κ3) is 2.12. The summed E-state index contributed by atoms with van der Waals surface area (Å²) in [5.41, 5.74) is 0.589. The number of halogens is 1. The van der Waals surface area contributed by atoms with Crippen LogP contribution in [0, 0.1) is 0 Å². The molecule has 0 unspecified atom stereocenters. The second kappa shape index (κ2) is 3.95. The minimum atomic E-state index is -3.72. The zero-order chi connectivity index (χ0) is 11.8. The highest BCUT2D eigenvalue weighted by Gasteiger charge is 2.23. The third-order valence-electron chi connectivity index (χ3n) is 2.19. The number of carbonyl (C=O) groups is 1. The molecule has 1 aliphatic rings. The number of ether oxygens (including phenoxy) is 1. The molecule has 0 aromatic heterocycles. The minimum absolute atomic E-state index is 0.00507. The first-order valence-corrected chi connectivity index (χ1v) is 6.78. The first-order chi connectivity index (χ1) is 7.48. The van der Waals surface area contributed by atoms with E-state index >= 15 is 0 Å². The normalized spacial score (nSPS) is 16.3. The Hall–Kier alpha value is -1.27. The summed E-state index contributed by atoms with van der Waals surface area (Å²) in [4.78, 5) is 12.6. The Morgan fingerprint density at radius 1 is 1.25 bits per heavy atom. The van der Waals surface area contributed by atoms with E-state index in [1.165, 1.54) is 29.2 Å². The first-order valence-electron chi connectivity index (χ1n) is 4.47. The lowest BCUT2D eigenvalue weighted by Gasteiger charge is -2.12. The highest BCUT2D eigenvalue weighted by Crippen LogP contribution is 2.22. The predicted octanol–water partition coefficient (Wildman–Crippen LogP) is 1.57. The molecule has 1 aromatic carbocycles. The topological polar surface area (TPSA) is 63.7 Å². The highest BCUT2D eigenvalue weighted by molar-refractivity contribution is 8.13. The van der Waals surface area contributed by atoms with Gasteiger partial charge >= 0.3 is 6.09 Å². The molecule has 1 amide bonds. The van der Waals surface area contributed by atoms with Crippen LogP contribution in [0.1, 0.15) is 0 Å². The van der Waals surface area contributed by atoms with E-state index in [4.69, 9.17) is 15.4 Å². The predicted molar refractivity (Wildman–Crippen MR) is 58.2 cm³/mol. The number of amides is 1. The van der Waals surface area contributed by atoms with Crippen molar-refractivity contribution >= 4 is 31.5 Å². The van der Waals surface area contributed by atoms with Gasteiger partial charge < -0.3 is 4.74 Å². The van der Waals surface area contributed by atoms with Crippen LogP contribution in [-0.2, 0) is 13.8 Å². The second-order valence-electron chi connectivity index (χ2n) is 3.20. The molecule has 7 heteroatoms. The van der Waals surface area contributed by atoms with Gasteiger partial charge in [0.2, 0.25) is 0 Å². The van der Waals surface area contributed by atoms with Gasteiger partial charge in [0.1, 0.15) is 6.61 Å². The summed E-state index contributed by atoms with van der Waals surface area (Å²) in [5, 5.41) is 0. The number of hydrogen-bond acceptors (Lipinski definition) is 4. The number of nitrogens with zero attached hydrogens (tertiary/aromatic N) is 1. The molecule has 1 aromatic rings. The fourth-order valence-electron chi connectivity index (χ4n) is 1.42.